The molecular weight excluding hydrogens is 226 g/mol. The quantitative estimate of drug-likeness (QED) is 0.842. The van der Waals surface area contributed by atoms with Crippen molar-refractivity contribution in [2.24, 2.45) is 5.41 Å². The second-order valence-electron chi connectivity index (χ2n) is 5.78. The Labute approximate surface area is 109 Å². The van der Waals surface area contributed by atoms with Crippen molar-refractivity contribution in [2.75, 3.05) is 17.6 Å². The lowest BCUT2D eigenvalue weighted by molar-refractivity contribution is 0.179. The largest absolute Gasteiger partial charge is 0.473 e. The average molecular weight is 249 g/mol. The summed E-state index contributed by atoms with van der Waals surface area (Å²) in [6.45, 7) is 7.21. The molecule has 0 unspecified atom stereocenters. The number of nitrogens with two attached hydrogens (primary N) is 1. The molecule has 1 aliphatic carbocycles. The third-order valence-corrected chi connectivity index (χ3v) is 3.49. The van der Waals surface area contributed by atoms with Crippen LogP contribution >= 0.6 is 0 Å². The van der Waals surface area contributed by atoms with Crippen LogP contribution in [0.4, 0.5) is 11.5 Å². The first-order valence-electron chi connectivity index (χ1n) is 6.66. The summed E-state index contributed by atoms with van der Waals surface area (Å²) in [4.78, 5) is 4.42. The van der Waals surface area contributed by atoms with Gasteiger partial charge in [0.15, 0.2) is 0 Å². The molecule has 0 aliphatic heterocycles. The topological polar surface area (TPSA) is 60.2 Å². The molecule has 0 saturated heterocycles. The van der Waals surface area contributed by atoms with Gasteiger partial charge in [-0.2, -0.15) is 4.98 Å². The lowest BCUT2D eigenvalue weighted by Gasteiger charge is -2.38. The predicted molar refractivity (Wildman–Crippen MR) is 74.9 cm³/mol. The minimum absolute atomic E-state index is 0.0826. The summed E-state index contributed by atoms with van der Waals surface area (Å²) in [5.74, 6) is 1.36. The van der Waals surface area contributed by atoms with E-state index in [0.717, 1.165) is 12.4 Å². The Morgan fingerprint density at radius 3 is 2.72 bits per heavy atom. The fraction of sp³-hybridized carbons (Fsp3) is 0.643. The third kappa shape index (κ3) is 3.06. The van der Waals surface area contributed by atoms with Crippen molar-refractivity contribution in [3.63, 3.8) is 0 Å². The van der Waals surface area contributed by atoms with Crippen LogP contribution in [0, 0.1) is 5.41 Å². The first-order chi connectivity index (χ1) is 8.48. The molecule has 100 valence electrons. The van der Waals surface area contributed by atoms with Crippen LogP contribution in [-0.2, 0) is 0 Å². The van der Waals surface area contributed by atoms with Gasteiger partial charge in [-0.15, -0.1) is 0 Å². The molecule has 2 rings (SSSR count). The number of pyridine rings is 1. The molecule has 1 aromatic heterocycles. The van der Waals surface area contributed by atoms with Gasteiger partial charge in [-0.05, 0) is 44.2 Å². The molecule has 0 spiro atoms. The lowest BCUT2D eigenvalue weighted by Crippen LogP contribution is -2.33. The van der Waals surface area contributed by atoms with Crippen molar-refractivity contribution < 1.29 is 4.74 Å². The molecule has 4 nitrogen and oxygen atoms in total. The van der Waals surface area contributed by atoms with Crippen molar-refractivity contribution in [1.29, 1.82) is 0 Å². The first-order valence-corrected chi connectivity index (χ1v) is 6.66. The molecule has 1 heterocycles. The van der Waals surface area contributed by atoms with E-state index in [9.17, 15) is 0 Å². The highest BCUT2D eigenvalue weighted by atomic mass is 16.5. The molecule has 0 radical (unpaired) electrons. The molecule has 0 atom stereocenters. The van der Waals surface area contributed by atoms with Crippen LogP contribution in [0.25, 0.3) is 0 Å². The van der Waals surface area contributed by atoms with Crippen molar-refractivity contribution in [3.05, 3.63) is 12.1 Å². The Morgan fingerprint density at radius 1 is 1.44 bits per heavy atom. The van der Waals surface area contributed by atoms with Crippen LogP contribution in [0.1, 0.15) is 40.0 Å². The van der Waals surface area contributed by atoms with E-state index in [2.05, 4.69) is 17.2 Å². The Balaban J connectivity index is 2.00. The summed E-state index contributed by atoms with van der Waals surface area (Å²) in [7, 11) is 0. The maximum Gasteiger partial charge on any atom is 0.239 e. The van der Waals surface area contributed by atoms with Gasteiger partial charge in [0.1, 0.15) is 5.82 Å². The summed E-state index contributed by atoms with van der Waals surface area (Å²) < 4.78 is 5.58. The zero-order valence-corrected chi connectivity index (χ0v) is 11.5. The van der Waals surface area contributed by atoms with Crippen LogP contribution in [0.15, 0.2) is 12.1 Å². The van der Waals surface area contributed by atoms with E-state index < -0.39 is 0 Å². The first kappa shape index (κ1) is 13.0. The van der Waals surface area contributed by atoms with Crippen LogP contribution in [0.5, 0.6) is 5.88 Å². The standard InChI is InChI=1S/C14H23N3O/c1-10(2)18-13-11(15)5-6-12(17-13)16-9-14(3)7-4-8-14/h5-6,10H,4,7-9,15H2,1-3H3,(H,16,17). The zero-order valence-electron chi connectivity index (χ0n) is 11.5. The van der Waals surface area contributed by atoms with Gasteiger partial charge in [-0.3, -0.25) is 0 Å². The van der Waals surface area contributed by atoms with Crippen LogP contribution in [-0.4, -0.2) is 17.6 Å². The second kappa shape index (κ2) is 5.04. The van der Waals surface area contributed by atoms with Gasteiger partial charge in [0, 0.05) is 6.54 Å². The van der Waals surface area contributed by atoms with Gasteiger partial charge < -0.3 is 15.8 Å². The number of rotatable bonds is 5. The predicted octanol–water partition coefficient (Wildman–Crippen LogP) is 3.05. The van der Waals surface area contributed by atoms with E-state index in [0.29, 0.717) is 17.0 Å². The Morgan fingerprint density at radius 2 is 2.17 bits per heavy atom. The van der Waals surface area contributed by atoms with Gasteiger partial charge in [0.25, 0.3) is 0 Å². The highest BCUT2D eigenvalue weighted by Crippen LogP contribution is 2.40. The molecule has 18 heavy (non-hydrogen) atoms. The van der Waals surface area contributed by atoms with E-state index in [1.54, 1.807) is 0 Å². The van der Waals surface area contributed by atoms with Crippen LogP contribution in [0.3, 0.4) is 0 Å². The van der Waals surface area contributed by atoms with Crippen LogP contribution in [0.2, 0.25) is 0 Å². The monoisotopic (exact) mass is 249 g/mol. The van der Waals surface area contributed by atoms with Gasteiger partial charge in [-0.25, -0.2) is 0 Å². The summed E-state index contributed by atoms with van der Waals surface area (Å²) in [5, 5.41) is 3.38. The molecule has 1 aliphatic rings. The number of nitrogen functional groups attached to an aromatic ring is 1. The van der Waals surface area contributed by atoms with Gasteiger partial charge in [-0.1, -0.05) is 13.3 Å². The molecule has 4 heteroatoms. The fourth-order valence-corrected chi connectivity index (χ4v) is 2.13. The maximum atomic E-state index is 5.84. The highest BCUT2D eigenvalue weighted by Gasteiger charge is 2.31. The zero-order chi connectivity index (χ0) is 13.2. The van der Waals surface area contributed by atoms with Gasteiger partial charge in [0.05, 0.1) is 11.8 Å². The van der Waals surface area contributed by atoms with Crippen molar-refractivity contribution in [1.82, 2.24) is 4.98 Å². The SMILES string of the molecule is CC(C)Oc1nc(NCC2(C)CCC2)ccc1N. The molecule has 1 fully saturated rings. The Kier molecular flexibility index (Phi) is 3.64. The number of hydrogen-bond acceptors (Lipinski definition) is 4. The maximum absolute atomic E-state index is 5.84. The smallest absolute Gasteiger partial charge is 0.239 e. The summed E-state index contributed by atoms with van der Waals surface area (Å²) in [6, 6.07) is 3.75. The fourth-order valence-electron chi connectivity index (χ4n) is 2.13. The molecule has 1 saturated carbocycles. The average Bonchev–Trinajstić information content (AvgIpc) is 2.27. The second-order valence-corrected chi connectivity index (χ2v) is 5.78. The van der Waals surface area contributed by atoms with E-state index in [-0.39, 0.29) is 6.10 Å². The molecule has 3 N–H and O–H groups in total. The van der Waals surface area contributed by atoms with E-state index >= 15 is 0 Å². The Hall–Kier alpha value is -1.45. The summed E-state index contributed by atoms with van der Waals surface area (Å²) in [6.07, 6.45) is 4.02. The molecule has 0 bridgehead atoms. The van der Waals surface area contributed by atoms with Crippen molar-refractivity contribution >= 4 is 11.5 Å². The number of aromatic nitrogens is 1. The third-order valence-electron chi connectivity index (χ3n) is 3.49. The van der Waals surface area contributed by atoms with Crippen LogP contribution < -0.4 is 15.8 Å². The lowest BCUT2D eigenvalue weighted by atomic mass is 9.70. The number of nitrogens with zero attached hydrogens (tertiary/aromatic N) is 1. The van der Waals surface area contributed by atoms with Gasteiger partial charge >= 0.3 is 0 Å². The van der Waals surface area contributed by atoms with E-state index in [1.807, 2.05) is 26.0 Å². The van der Waals surface area contributed by atoms with E-state index in [4.69, 9.17) is 10.5 Å². The number of hydrogen-bond donors (Lipinski definition) is 2. The molecule has 1 aromatic rings. The molecular formula is C14H23N3O. The van der Waals surface area contributed by atoms with Gasteiger partial charge in [0.2, 0.25) is 5.88 Å². The van der Waals surface area contributed by atoms with Crippen molar-refractivity contribution in [2.45, 2.75) is 46.1 Å². The number of anilines is 2. The minimum Gasteiger partial charge on any atom is -0.473 e. The molecule has 0 amide bonds. The Bertz CT molecular complexity index is 414. The number of ether oxygens (including phenoxy) is 1. The summed E-state index contributed by atoms with van der Waals surface area (Å²) >= 11 is 0. The normalized spacial score (nSPS) is 17.3. The van der Waals surface area contributed by atoms with Crippen molar-refractivity contribution in [3.8, 4) is 5.88 Å². The number of nitrogens with one attached hydrogen (secondary N) is 1. The highest BCUT2D eigenvalue weighted by molar-refractivity contribution is 5.53. The summed E-state index contributed by atoms with van der Waals surface area (Å²) in [5.41, 5.74) is 6.86. The molecule has 0 aromatic carbocycles. The minimum atomic E-state index is 0.0826. The van der Waals surface area contributed by atoms with E-state index in [1.165, 1.54) is 19.3 Å².